The second-order valence-electron chi connectivity index (χ2n) is 5.09. The third-order valence-corrected chi connectivity index (χ3v) is 3.80. The zero-order chi connectivity index (χ0) is 15.7. The number of carbonyl (C=O) groups excluding carboxylic acids is 1. The number of Topliss-reactive ketones (excluding diaryl/α,β-unsaturated/α-hetero) is 1. The summed E-state index contributed by atoms with van der Waals surface area (Å²) in [6.45, 7) is 0.346. The van der Waals surface area contributed by atoms with Crippen LogP contribution in [0.5, 0.6) is 5.75 Å². The molecule has 1 N–H and O–H groups in total. The molecule has 3 rings (SSSR count). The molecule has 0 aromatic heterocycles. The van der Waals surface area contributed by atoms with Crippen molar-refractivity contribution < 1.29 is 19.4 Å². The maximum Gasteiger partial charge on any atom is 0.334 e. The number of benzene rings is 2. The van der Waals surface area contributed by atoms with Crippen molar-refractivity contribution in [3.63, 3.8) is 0 Å². The van der Waals surface area contributed by atoms with Crippen LogP contribution in [0.1, 0.15) is 15.9 Å². The first-order chi connectivity index (χ1) is 10.6. The molecule has 1 unspecified atom stereocenters. The number of fused-ring (bicyclic) bond motifs is 1. The van der Waals surface area contributed by atoms with E-state index in [-0.39, 0.29) is 0 Å². The highest BCUT2D eigenvalue weighted by Gasteiger charge is 2.39. The van der Waals surface area contributed by atoms with Gasteiger partial charge in [-0.25, -0.2) is 4.79 Å². The Balaban J connectivity index is 2.10. The lowest BCUT2D eigenvalue weighted by Crippen LogP contribution is -2.50. The van der Waals surface area contributed by atoms with Crippen LogP contribution >= 0.6 is 0 Å². The van der Waals surface area contributed by atoms with Gasteiger partial charge in [0.1, 0.15) is 5.75 Å². The number of methoxy groups -OCH3 is 1. The second-order valence-corrected chi connectivity index (χ2v) is 5.09. The minimum absolute atomic E-state index is 0.346. The molecular formula is C17H15NO4. The molecule has 0 radical (unpaired) electrons. The fourth-order valence-electron chi connectivity index (χ4n) is 2.74. The van der Waals surface area contributed by atoms with E-state index in [1.165, 1.54) is 0 Å². The monoisotopic (exact) mass is 297 g/mol. The van der Waals surface area contributed by atoms with Gasteiger partial charge in [-0.1, -0.05) is 18.2 Å². The Morgan fingerprint density at radius 1 is 1.23 bits per heavy atom. The molecule has 112 valence electrons. The summed E-state index contributed by atoms with van der Waals surface area (Å²) in [5, 5.41) is 9.48. The third-order valence-electron chi connectivity index (χ3n) is 3.80. The molecule has 1 atom stereocenters. The van der Waals surface area contributed by atoms with Crippen molar-refractivity contribution in [3.05, 3.63) is 59.7 Å². The number of rotatable bonds is 3. The summed E-state index contributed by atoms with van der Waals surface area (Å²) in [4.78, 5) is 25.8. The second kappa shape index (κ2) is 5.52. The smallest absolute Gasteiger partial charge is 0.334 e. The van der Waals surface area contributed by atoms with Crippen LogP contribution < -0.4 is 9.64 Å². The minimum Gasteiger partial charge on any atom is -0.497 e. The van der Waals surface area contributed by atoms with Gasteiger partial charge >= 0.3 is 5.97 Å². The van der Waals surface area contributed by atoms with Gasteiger partial charge in [0.15, 0.2) is 11.8 Å². The molecule has 0 spiro atoms. The zero-order valence-corrected chi connectivity index (χ0v) is 12.0. The summed E-state index contributed by atoms with van der Waals surface area (Å²) < 4.78 is 5.18. The molecule has 2 aromatic carbocycles. The van der Waals surface area contributed by atoms with Crippen LogP contribution in [-0.2, 0) is 11.3 Å². The van der Waals surface area contributed by atoms with Crippen LogP contribution in [-0.4, -0.2) is 30.0 Å². The number of ketones is 1. The molecule has 0 saturated heterocycles. The molecule has 1 aliphatic heterocycles. The van der Waals surface area contributed by atoms with E-state index in [0.29, 0.717) is 23.5 Å². The minimum atomic E-state index is -1.21. The summed E-state index contributed by atoms with van der Waals surface area (Å²) in [5.41, 5.74) is 1.92. The maximum absolute atomic E-state index is 12.6. The molecule has 5 heteroatoms. The van der Waals surface area contributed by atoms with E-state index < -0.39 is 17.8 Å². The lowest BCUT2D eigenvalue weighted by Gasteiger charge is -2.35. The Bertz CT molecular complexity index is 727. The molecule has 0 saturated carbocycles. The summed E-state index contributed by atoms with van der Waals surface area (Å²) >= 11 is 0. The highest BCUT2D eigenvalue weighted by atomic mass is 16.5. The first-order valence-corrected chi connectivity index (χ1v) is 6.87. The Labute approximate surface area is 127 Å². The van der Waals surface area contributed by atoms with Crippen LogP contribution in [0.4, 0.5) is 5.69 Å². The molecule has 0 bridgehead atoms. The number of para-hydroxylation sites is 1. The van der Waals surface area contributed by atoms with Crippen molar-refractivity contribution in [3.8, 4) is 5.75 Å². The van der Waals surface area contributed by atoms with E-state index in [4.69, 9.17) is 4.74 Å². The lowest BCUT2D eigenvalue weighted by molar-refractivity contribution is -0.137. The van der Waals surface area contributed by atoms with Gasteiger partial charge in [-0.2, -0.15) is 0 Å². The highest BCUT2D eigenvalue weighted by molar-refractivity contribution is 6.15. The molecule has 1 aliphatic rings. The van der Waals surface area contributed by atoms with Gasteiger partial charge in [0, 0.05) is 17.8 Å². The first-order valence-electron chi connectivity index (χ1n) is 6.87. The van der Waals surface area contributed by atoms with Gasteiger partial charge in [0.25, 0.3) is 0 Å². The third kappa shape index (κ3) is 2.30. The van der Waals surface area contributed by atoms with Gasteiger partial charge < -0.3 is 14.7 Å². The topological polar surface area (TPSA) is 66.8 Å². The largest absolute Gasteiger partial charge is 0.497 e. The van der Waals surface area contributed by atoms with Gasteiger partial charge in [0.05, 0.1) is 7.11 Å². The molecule has 0 aliphatic carbocycles. The Kier molecular flexibility index (Phi) is 3.55. The number of aliphatic carboxylic acids is 1. The molecule has 1 heterocycles. The Hall–Kier alpha value is -2.82. The summed E-state index contributed by atoms with van der Waals surface area (Å²) in [5.74, 6) is -0.899. The number of carboxylic acids is 1. The van der Waals surface area contributed by atoms with Crippen molar-refractivity contribution in [2.24, 2.45) is 0 Å². The normalized spacial score (nSPS) is 17.0. The molecule has 5 nitrogen and oxygen atoms in total. The molecule has 2 aromatic rings. The fourth-order valence-corrected chi connectivity index (χ4v) is 2.74. The van der Waals surface area contributed by atoms with E-state index >= 15 is 0 Å². The number of ether oxygens (including phenoxy) is 1. The average molecular weight is 297 g/mol. The Morgan fingerprint density at radius 2 is 1.95 bits per heavy atom. The SMILES string of the molecule is COc1ccc2c(c1)CN(c1ccccc1)C(C(=O)O)C2=O. The predicted octanol–water partition coefficient (Wildman–Crippen LogP) is 2.35. The van der Waals surface area contributed by atoms with Gasteiger partial charge in [-0.05, 0) is 35.9 Å². The number of hydrogen-bond donors (Lipinski definition) is 1. The van der Waals surface area contributed by atoms with Gasteiger partial charge in [-0.3, -0.25) is 4.79 Å². The summed E-state index contributed by atoms with van der Waals surface area (Å²) in [6.07, 6.45) is 0. The maximum atomic E-state index is 12.6. The van der Waals surface area contributed by atoms with E-state index in [1.54, 1.807) is 42.3 Å². The van der Waals surface area contributed by atoms with E-state index in [9.17, 15) is 14.7 Å². The van der Waals surface area contributed by atoms with E-state index in [2.05, 4.69) is 0 Å². The number of hydrogen-bond acceptors (Lipinski definition) is 4. The fraction of sp³-hybridized carbons (Fsp3) is 0.176. The van der Waals surface area contributed by atoms with E-state index in [0.717, 1.165) is 5.56 Å². The number of anilines is 1. The Morgan fingerprint density at radius 3 is 2.59 bits per heavy atom. The van der Waals surface area contributed by atoms with Crippen molar-refractivity contribution >= 4 is 17.4 Å². The van der Waals surface area contributed by atoms with Crippen molar-refractivity contribution in [1.29, 1.82) is 0 Å². The van der Waals surface area contributed by atoms with Crippen LogP contribution in [0.25, 0.3) is 0 Å². The van der Waals surface area contributed by atoms with Crippen LogP contribution in [0.2, 0.25) is 0 Å². The standard InChI is InChI=1S/C17H15NO4/c1-22-13-7-8-14-11(9-13)10-18(12-5-3-2-4-6-12)15(16(14)19)17(20)21/h2-9,15H,10H2,1H3,(H,20,21). The van der Waals surface area contributed by atoms with Crippen molar-refractivity contribution in [1.82, 2.24) is 0 Å². The predicted molar refractivity (Wildman–Crippen MR) is 81.4 cm³/mol. The van der Waals surface area contributed by atoms with Crippen LogP contribution in [0, 0.1) is 0 Å². The first kappa shape index (κ1) is 14.1. The zero-order valence-electron chi connectivity index (χ0n) is 12.0. The lowest BCUT2D eigenvalue weighted by atomic mass is 9.92. The highest BCUT2D eigenvalue weighted by Crippen LogP contribution is 2.30. The molecule has 0 amide bonds. The summed E-state index contributed by atoms with van der Waals surface area (Å²) in [7, 11) is 1.56. The summed E-state index contributed by atoms with van der Waals surface area (Å²) in [6, 6.07) is 13.0. The van der Waals surface area contributed by atoms with Crippen LogP contribution in [0.15, 0.2) is 48.5 Å². The van der Waals surface area contributed by atoms with Crippen molar-refractivity contribution in [2.75, 3.05) is 12.0 Å². The van der Waals surface area contributed by atoms with E-state index in [1.807, 2.05) is 18.2 Å². The number of nitrogens with zero attached hydrogens (tertiary/aromatic N) is 1. The molecule has 0 fully saturated rings. The quantitative estimate of drug-likeness (QED) is 0.881. The van der Waals surface area contributed by atoms with Crippen molar-refractivity contribution in [2.45, 2.75) is 12.6 Å². The van der Waals surface area contributed by atoms with Gasteiger partial charge in [0.2, 0.25) is 0 Å². The molecule has 22 heavy (non-hydrogen) atoms. The number of carbonyl (C=O) groups is 2. The molecular weight excluding hydrogens is 282 g/mol. The average Bonchev–Trinajstić information content (AvgIpc) is 2.54. The van der Waals surface area contributed by atoms with Crippen LogP contribution in [0.3, 0.4) is 0 Å². The number of carboxylic acid groups (broad SMARTS) is 1. The van der Waals surface area contributed by atoms with Gasteiger partial charge in [-0.15, -0.1) is 0 Å².